The van der Waals surface area contributed by atoms with Crippen LogP contribution in [-0.2, 0) is 6.54 Å². The van der Waals surface area contributed by atoms with E-state index in [9.17, 15) is 13.2 Å². The molecule has 0 unspecified atom stereocenters. The highest BCUT2D eigenvalue weighted by atomic mass is 79.9. The van der Waals surface area contributed by atoms with Gasteiger partial charge in [0.05, 0.1) is 0 Å². The molecule has 18 heavy (non-hydrogen) atoms. The fraction of sp³-hybridized carbons (Fsp3) is 0.167. The molecule has 0 saturated carbocycles. The van der Waals surface area contributed by atoms with Crippen LogP contribution in [0.25, 0.3) is 0 Å². The molecule has 1 aromatic carbocycles. The molecule has 0 aliphatic heterocycles. The molecule has 0 spiro atoms. The van der Waals surface area contributed by atoms with Gasteiger partial charge in [0, 0.05) is 32.9 Å². The number of rotatable bonds is 3. The summed E-state index contributed by atoms with van der Waals surface area (Å²) < 4.78 is 40.4. The first-order valence-corrected chi connectivity index (χ1v) is 6.71. The van der Waals surface area contributed by atoms with Crippen LogP contribution in [0.5, 0.6) is 0 Å². The Morgan fingerprint density at radius 1 is 1.17 bits per heavy atom. The van der Waals surface area contributed by atoms with Crippen molar-refractivity contribution in [3.05, 3.63) is 49.9 Å². The Labute approximate surface area is 115 Å². The smallest absolute Gasteiger partial charge is 0.152 e. The van der Waals surface area contributed by atoms with E-state index in [0.717, 1.165) is 14.2 Å². The van der Waals surface area contributed by atoms with Crippen LogP contribution in [0.3, 0.4) is 0 Å². The summed E-state index contributed by atoms with van der Waals surface area (Å²) in [5.41, 5.74) is -0.307. The lowest BCUT2D eigenvalue weighted by Gasteiger charge is -2.07. The largest absolute Gasteiger partial charge is 0.375 e. The van der Waals surface area contributed by atoms with E-state index in [0.29, 0.717) is 12.1 Å². The van der Waals surface area contributed by atoms with E-state index in [1.165, 1.54) is 11.3 Å². The van der Waals surface area contributed by atoms with Crippen LogP contribution in [0.15, 0.2) is 22.7 Å². The number of thiophene rings is 1. The van der Waals surface area contributed by atoms with E-state index in [-0.39, 0.29) is 12.2 Å². The number of aryl methyl sites for hydroxylation is 1. The number of anilines is 1. The van der Waals surface area contributed by atoms with Gasteiger partial charge in [0.15, 0.2) is 11.6 Å². The van der Waals surface area contributed by atoms with Gasteiger partial charge < -0.3 is 5.32 Å². The zero-order valence-corrected chi connectivity index (χ0v) is 11.8. The quantitative estimate of drug-likeness (QED) is 0.845. The normalized spacial score (nSPS) is 10.7. The molecule has 6 heteroatoms. The third kappa shape index (κ3) is 2.87. The highest BCUT2D eigenvalue weighted by Crippen LogP contribution is 2.28. The van der Waals surface area contributed by atoms with Gasteiger partial charge in [0.2, 0.25) is 0 Å². The molecular formula is C12H9BrF3NS. The molecule has 1 N–H and O–H groups in total. The Bertz CT molecular complexity index is 540. The van der Waals surface area contributed by atoms with Gasteiger partial charge in [-0.1, -0.05) is 0 Å². The Morgan fingerprint density at radius 3 is 2.28 bits per heavy atom. The average molecular weight is 336 g/mol. The van der Waals surface area contributed by atoms with E-state index in [2.05, 4.69) is 21.2 Å². The van der Waals surface area contributed by atoms with E-state index in [1.807, 2.05) is 13.0 Å². The van der Waals surface area contributed by atoms with Crippen molar-refractivity contribution < 1.29 is 13.2 Å². The summed E-state index contributed by atoms with van der Waals surface area (Å²) in [6, 6.07) is 3.19. The predicted octanol–water partition coefficient (Wildman–Crippen LogP) is 4.85. The number of halogens is 4. The third-order valence-corrected chi connectivity index (χ3v) is 4.49. The highest BCUT2D eigenvalue weighted by molar-refractivity contribution is 9.10. The first kappa shape index (κ1) is 13.4. The number of nitrogens with one attached hydrogen (secondary N) is 1. The van der Waals surface area contributed by atoms with E-state index in [4.69, 9.17) is 0 Å². The Hall–Kier alpha value is -1.01. The summed E-state index contributed by atoms with van der Waals surface area (Å²) >= 11 is 4.89. The monoisotopic (exact) mass is 335 g/mol. The van der Waals surface area contributed by atoms with Crippen molar-refractivity contribution in [3.8, 4) is 0 Å². The third-order valence-electron chi connectivity index (χ3n) is 2.35. The summed E-state index contributed by atoms with van der Waals surface area (Å²) in [5.74, 6) is -2.79. The topological polar surface area (TPSA) is 12.0 Å². The Morgan fingerprint density at radius 2 is 1.78 bits per heavy atom. The molecule has 0 saturated heterocycles. The van der Waals surface area contributed by atoms with Crippen LogP contribution >= 0.6 is 27.3 Å². The summed E-state index contributed by atoms with van der Waals surface area (Å²) in [4.78, 5) is 2.02. The molecule has 96 valence electrons. The molecule has 2 aromatic rings. The number of hydrogen-bond acceptors (Lipinski definition) is 2. The van der Waals surface area contributed by atoms with Gasteiger partial charge in [-0.05, 0) is 28.9 Å². The molecule has 1 nitrogen and oxygen atoms in total. The van der Waals surface area contributed by atoms with Crippen molar-refractivity contribution in [1.82, 2.24) is 0 Å². The number of hydrogen-bond donors (Lipinski definition) is 1. The van der Waals surface area contributed by atoms with Crippen molar-refractivity contribution >= 4 is 33.0 Å². The average Bonchev–Trinajstić information content (AvgIpc) is 2.56. The second-order valence-electron chi connectivity index (χ2n) is 3.71. The van der Waals surface area contributed by atoms with E-state index in [1.54, 1.807) is 0 Å². The van der Waals surface area contributed by atoms with Crippen LogP contribution in [0.2, 0.25) is 0 Å². The Balaban J connectivity index is 2.15. The molecule has 2 rings (SSSR count). The second kappa shape index (κ2) is 5.32. The lowest BCUT2D eigenvalue weighted by molar-refractivity contribution is 0.547. The van der Waals surface area contributed by atoms with Crippen molar-refractivity contribution in [2.24, 2.45) is 0 Å². The van der Waals surface area contributed by atoms with Crippen LogP contribution in [0.1, 0.15) is 9.75 Å². The summed E-state index contributed by atoms with van der Waals surface area (Å²) in [7, 11) is 0. The fourth-order valence-electron chi connectivity index (χ4n) is 1.49. The van der Waals surface area contributed by atoms with Crippen LogP contribution < -0.4 is 5.32 Å². The van der Waals surface area contributed by atoms with Gasteiger partial charge in [-0.3, -0.25) is 0 Å². The minimum absolute atomic E-state index is 0.288. The highest BCUT2D eigenvalue weighted by Gasteiger charge is 2.11. The van der Waals surface area contributed by atoms with Gasteiger partial charge in [-0.15, -0.1) is 11.3 Å². The molecule has 0 bridgehead atoms. The van der Waals surface area contributed by atoms with Crippen molar-refractivity contribution in [1.29, 1.82) is 0 Å². The van der Waals surface area contributed by atoms with Gasteiger partial charge in [-0.25, -0.2) is 13.2 Å². The zero-order chi connectivity index (χ0) is 13.3. The molecule has 0 atom stereocenters. The van der Waals surface area contributed by atoms with Gasteiger partial charge in [0.25, 0.3) is 0 Å². The Kier molecular flexibility index (Phi) is 3.97. The number of benzene rings is 1. The predicted molar refractivity (Wildman–Crippen MR) is 70.4 cm³/mol. The first-order valence-electron chi connectivity index (χ1n) is 5.10. The lowest BCUT2D eigenvalue weighted by atomic mass is 10.2. The van der Waals surface area contributed by atoms with E-state index < -0.39 is 17.5 Å². The summed E-state index contributed by atoms with van der Waals surface area (Å²) in [6.07, 6.45) is 0. The molecule has 1 aromatic heterocycles. The molecule has 1 heterocycles. The maximum atomic E-state index is 13.4. The summed E-state index contributed by atoms with van der Waals surface area (Å²) in [6.45, 7) is 2.23. The minimum Gasteiger partial charge on any atom is -0.375 e. The molecule has 0 fully saturated rings. The molecule has 0 aliphatic carbocycles. The van der Waals surface area contributed by atoms with Crippen LogP contribution in [-0.4, -0.2) is 0 Å². The zero-order valence-electron chi connectivity index (χ0n) is 9.36. The fourth-order valence-corrected chi connectivity index (χ4v) is 3.03. The van der Waals surface area contributed by atoms with Crippen LogP contribution in [0.4, 0.5) is 18.9 Å². The van der Waals surface area contributed by atoms with Crippen molar-refractivity contribution in [2.75, 3.05) is 5.32 Å². The van der Waals surface area contributed by atoms with Crippen molar-refractivity contribution in [3.63, 3.8) is 0 Å². The second-order valence-corrected chi connectivity index (χ2v) is 5.91. The minimum atomic E-state index is -0.931. The molecule has 0 aliphatic rings. The van der Waals surface area contributed by atoms with E-state index >= 15 is 0 Å². The molecule has 0 amide bonds. The molecule has 0 radical (unpaired) electrons. The maximum absolute atomic E-state index is 13.4. The maximum Gasteiger partial charge on any atom is 0.152 e. The first-order chi connectivity index (χ1) is 8.47. The SMILES string of the molecule is Cc1sc(CNc2c(F)cc(F)cc2F)cc1Br. The lowest BCUT2D eigenvalue weighted by Crippen LogP contribution is -2.03. The van der Waals surface area contributed by atoms with Gasteiger partial charge in [0.1, 0.15) is 11.5 Å². The standard InChI is InChI=1S/C12H9BrF3NS/c1-6-9(13)4-8(18-6)5-17-12-10(15)2-7(14)3-11(12)16/h2-4,17H,5H2,1H3. The van der Waals surface area contributed by atoms with Crippen LogP contribution in [0, 0.1) is 24.4 Å². The summed E-state index contributed by atoms with van der Waals surface area (Å²) in [5, 5.41) is 2.64. The van der Waals surface area contributed by atoms with Gasteiger partial charge >= 0.3 is 0 Å². The van der Waals surface area contributed by atoms with Gasteiger partial charge in [-0.2, -0.15) is 0 Å². The molecular weight excluding hydrogens is 327 g/mol. The van der Waals surface area contributed by atoms with Crippen molar-refractivity contribution in [2.45, 2.75) is 13.5 Å².